The minimum Gasteiger partial charge on any atom is -0.462 e. The zero-order valence-electron chi connectivity index (χ0n) is 29.8. The SMILES string of the molecule is C=CC/C=C/CCCCCCCC(=O)OC[C@H](CO[C@@H]1O[C@H](CO[C@H]2O[C@H](CO)[C@H](O)[C@H](O)[C@H]2O)[C@H](O)[C@H](O)[C@H]1O)OC(=O)CCC[CH-]CCC. The van der Waals surface area contributed by atoms with Crippen molar-refractivity contribution in [2.45, 2.75) is 158 Å². The number of aliphatic hydroxyl groups excluding tert-OH is 7. The second kappa shape index (κ2) is 25.9. The van der Waals surface area contributed by atoms with Crippen LogP contribution >= 0.6 is 0 Å². The van der Waals surface area contributed by atoms with Gasteiger partial charge in [0.1, 0.15) is 55.4 Å². The van der Waals surface area contributed by atoms with Gasteiger partial charge >= 0.3 is 11.9 Å². The minimum absolute atomic E-state index is 0.125. The molecule has 0 unspecified atom stereocenters. The van der Waals surface area contributed by atoms with Crippen molar-refractivity contribution in [3.63, 3.8) is 0 Å². The van der Waals surface area contributed by atoms with Gasteiger partial charge in [0.05, 0.1) is 19.8 Å². The van der Waals surface area contributed by atoms with Gasteiger partial charge in [-0.3, -0.25) is 9.59 Å². The Morgan fingerprint density at radius 2 is 1.37 bits per heavy atom. The molecule has 0 bridgehead atoms. The molecule has 15 heteroatoms. The van der Waals surface area contributed by atoms with E-state index in [-0.39, 0.29) is 19.4 Å². The summed E-state index contributed by atoms with van der Waals surface area (Å²) in [7, 11) is 0. The van der Waals surface area contributed by atoms with Crippen LogP contribution in [0.15, 0.2) is 24.8 Å². The smallest absolute Gasteiger partial charge is 0.306 e. The maximum atomic E-state index is 12.6. The Kier molecular flexibility index (Phi) is 22.9. The van der Waals surface area contributed by atoms with Crippen molar-refractivity contribution < 1.29 is 73.8 Å². The minimum atomic E-state index is -1.76. The molecule has 0 spiro atoms. The molecule has 2 heterocycles. The summed E-state index contributed by atoms with van der Waals surface area (Å²) in [5.41, 5.74) is 0. The topological polar surface area (TPSA) is 231 Å². The van der Waals surface area contributed by atoms with Crippen molar-refractivity contribution in [3.8, 4) is 0 Å². The van der Waals surface area contributed by atoms with Crippen molar-refractivity contribution in [2.75, 3.05) is 26.4 Å². The second-order valence-corrected chi connectivity index (χ2v) is 12.9. The molecule has 2 saturated heterocycles. The van der Waals surface area contributed by atoms with Gasteiger partial charge in [-0.15, -0.1) is 6.58 Å². The highest BCUT2D eigenvalue weighted by Crippen LogP contribution is 2.26. The van der Waals surface area contributed by atoms with Gasteiger partial charge < -0.3 is 70.6 Å². The molecule has 0 saturated carbocycles. The Morgan fingerprint density at radius 1 is 0.745 bits per heavy atom. The van der Waals surface area contributed by atoms with E-state index in [4.69, 9.17) is 28.4 Å². The highest BCUT2D eigenvalue weighted by atomic mass is 16.7. The van der Waals surface area contributed by atoms with E-state index >= 15 is 0 Å². The van der Waals surface area contributed by atoms with E-state index in [1.807, 2.05) is 6.08 Å². The molecular weight excluding hydrogens is 672 g/mol. The van der Waals surface area contributed by atoms with Crippen molar-refractivity contribution in [1.29, 1.82) is 0 Å². The molecule has 0 aliphatic carbocycles. The Morgan fingerprint density at radius 3 is 2.06 bits per heavy atom. The van der Waals surface area contributed by atoms with E-state index in [0.717, 1.165) is 57.8 Å². The van der Waals surface area contributed by atoms with E-state index in [2.05, 4.69) is 32.1 Å². The van der Waals surface area contributed by atoms with Crippen LogP contribution in [-0.2, 0) is 38.0 Å². The first kappa shape index (κ1) is 45.1. The summed E-state index contributed by atoms with van der Waals surface area (Å²) in [4.78, 5) is 25.1. The van der Waals surface area contributed by atoms with Gasteiger partial charge in [0.15, 0.2) is 18.7 Å². The van der Waals surface area contributed by atoms with Crippen LogP contribution < -0.4 is 0 Å². The quantitative estimate of drug-likeness (QED) is 0.0286. The highest BCUT2D eigenvalue weighted by Gasteiger charge is 2.47. The predicted molar refractivity (Wildman–Crippen MR) is 183 cm³/mol. The monoisotopic (exact) mass is 733 g/mol. The standard InChI is InChI=1S/C36H61O15/c1-3-5-7-9-10-11-12-13-15-16-18-27(38)46-21-24(49-28(39)19-17-14-8-6-4-2)22-47-35-34(45)32(43)30(41)26(51-35)23-48-36-33(44)31(42)29(40)25(20-37)50-36/h3,7-9,24-26,29-37,40-45H,1,4-6,10-23H2,2H3/q-1/b9-7+/t24-,25-,26-,29+,30+,31+,32+,33-,34-,35-,36+/m1/s1. The van der Waals surface area contributed by atoms with E-state index in [1.165, 1.54) is 0 Å². The van der Waals surface area contributed by atoms with Gasteiger partial charge in [0.2, 0.25) is 0 Å². The molecule has 2 rings (SSSR count). The Hall–Kier alpha value is -2.02. The number of rotatable bonds is 26. The number of carbonyl (C=O) groups excluding carboxylic acids is 2. The number of esters is 2. The molecule has 11 atom stereocenters. The third kappa shape index (κ3) is 16.7. The van der Waals surface area contributed by atoms with Crippen LogP contribution in [-0.4, -0.2) is 142 Å². The molecule has 15 nitrogen and oxygen atoms in total. The molecule has 2 aliphatic rings. The van der Waals surface area contributed by atoms with E-state index in [1.54, 1.807) is 0 Å². The lowest BCUT2D eigenvalue weighted by atomic mass is 9.98. The van der Waals surface area contributed by atoms with E-state index in [9.17, 15) is 45.3 Å². The van der Waals surface area contributed by atoms with Gasteiger partial charge in [-0.1, -0.05) is 57.3 Å². The normalized spacial score (nSPS) is 30.3. The molecule has 51 heavy (non-hydrogen) atoms. The molecular formula is C36H61O15-. The molecule has 2 fully saturated rings. The van der Waals surface area contributed by atoms with Crippen LogP contribution in [0.5, 0.6) is 0 Å². The number of unbranched alkanes of at least 4 members (excludes halogenated alkanes) is 9. The Bertz CT molecular complexity index is 994. The molecule has 296 valence electrons. The fraction of sp³-hybridized carbons (Fsp3) is 0.806. The number of aliphatic hydroxyl groups is 7. The predicted octanol–water partition coefficient (Wildman–Crippen LogP) is 1.12. The molecule has 0 aromatic rings. The molecule has 2 aliphatic heterocycles. The highest BCUT2D eigenvalue weighted by molar-refractivity contribution is 5.70. The summed E-state index contributed by atoms with van der Waals surface area (Å²) in [5.74, 6) is -0.995. The van der Waals surface area contributed by atoms with E-state index in [0.29, 0.717) is 12.8 Å². The summed E-state index contributed by atoms with van der Waals surface area (Å²) in [6.07, 6.45) is 1.33. The Labute approximate surface area is 301 Å². The van der Waals surface area contributed by atoms with Crippen LogP contribution in [0.2, 0.25) is 0 Å². The lowest BCUT2D eigenvalue weighted by Gasteiger charge is -2.42. The molecule has 7 N–H and O–H groups in total. The number of hydrogen-bond donors (Lipinski definition) is 7. The van der Waals surface area contributed by atoms with Crippen molar-refractivity contribution in [1.82, 2.24) is 0 Å². The average molecular weight is 734 g/mol. The number of ether oxygens (including phenoxy) is 6. The van der Waals surface area contributed by atoms with Crippen LogP contribution in [0.1, 0.15) is 90.4 Å². The summed E-state index contributed by atoms with van der Waals surface area (Å²) in [5, 5.41) is 71.2. The fourth-order valence-electron chi connectivity index (χ4n) is 5.52. The summed E-state index contributed by atoms with van der Waals surface area (Å²) in [6, 6.07) is 0. The number of allylic oxidation sites excluding steroid dienone is 3. The number of hydrogen-bond acceptors (Lipinski definition) is 15. The third-order valence-electron chi connectivity index (χ3n) is 8.62. The zero-order valence-corrected chi connectivity index (χ0v) is 29.8. The van der Waals surface area contributed by atoms with Gasteiger partial charge in [-0.25, -0.2) is 0 Å². The lowest BCUT2D eigenvalue weighted by molar-refractivity contribution is -0.332. The third-order valence-corrected chi connectivity index (χ3v) is 8.62. The first-order chi connectivity index (χ1) is 24.5. The largest absolute Gasteiger partial charge is 0.462 e. The Balaban J connectivity index is 1.91. The van der Waals surface area contributed by atoms with Gasteiger partial charge in [-0.05, 0) is 25.7 Å². The number of carbonyl (C=O) groups is 2. The first-order valence-corrected chi connectivity index (χ1v) is 18.2. The maximum absolute atomic E-state index is 12.6. The fourth-order valence-corrected chi connectivity index (χ4v) is 5.52. The molecule has 0 radical (unpaired) electrons. The molecule has 0 aromatic heterocycles. The molecule has 0 aromatic carbocycles. The first-order valence-electron chi connectivity index (χ1n) is 18.2. The lowest BCUT2D eigenvalue weighted by Crippen LogP contribution is -2.61. The van der Waals surface area contributed by atoms with Crippen molar-refractivity contribution in [2.24, 2.45) is 0 Å². The van der Waals surface area contributed by atoms with Gasteiger partial charge in [0.25, 0.3) is 0 Å². The van der Waals surface area contributed by atoms with Crippen molar-refractivity contribution in [3.05, 3.63) is 31.2 Å². The van der Waals surface area contributed by atoms with Crippen molar-refractivity contribution >= 4 is 11.9 Å². The zero-order chi connectivity index (χ0) is 37.6. The molecule has 0 amide bonds. The maximum Gasteiger partial charge on any atom is 0.306 e. The van der Waals surface area contributed by atoms with Crippen LogP contribution in [0, 0.1) is 6.42 Å². The second-order valence-electron chi connectivity index (χ2n) is 12.9. The average Bonchev–Trinajstić information content (AvgIpc) is 3.12. The van der Waals surface area contributed by atoms with Crippen LogP contribution in [0.3, 0.4) is 0 Å². The van der Waals surface area contributed by atoms with Gasteiger partial charge in [0, 0.05) is 12.8 Å². The van der Waals surface area contributed by atoms with Gasteiger partial charge in [-0.2, -0.15) is 12.8 Å². The van der Waals surface area contributed by atoms with Crippen LogP contribution in [0.4, 0.5) is 0 Å². The van der Waals surface area contributed by atoms with E-state index < -0.39 is 99.3 Å². The summed E-state index contributed by atoms with van der Waals surface area (Å²) >= 11 is 0. The van der Waals surface area contributed by atoms with Crippen LogP contribution in [0.25, 0.3) is 0 Å². The summed E-state index contributed by atoms with van der Waals surface area (Å²) < 4.78 is 33.0. The summed E-state index contributed by atoms with van der Waals surface area (Å²) in [6.45, 7) is 3.82.